The van der Waals surface area contributed by atoms with Gasteiger partial charge in [-0.05, 0) is 60.2 Å². The highest BCUT2D eigenvalue weighted by Crippen LogP contribution is 2.44. The zero-order chi connectivity index (χ0) is 22.2. The maximum atomic E-state index is 13.4. The number of methoxy groups -OCH3 is 1. The van der Waals surface area contributed by atoms with Crippen LogP contribution in [0.3, 0.4) is 0 Å². The Balaban J connectivity index is 1.67. The molecule has 5 nitrogen and oxygen atoms in total. The zero-order valence-electron chi connectivity index (χ0n) is 16.6. The van der Waals surface area contributed by atoms with E-state index in [1.807, 2.05) is 12.1 Å². The quantitative estimate of drug-likeness (QED) is 0.530. The van der Waals surface area contributed by atoms with Gasteiger partial charge in [0.1, 0.15) is 5.75 Å². The molecule has 31 heavy (non-hydrogen) atoms. The number of hydrogen-bond acceptors (Lipinski definition) is 4. The highest BCUT2D eigenvalue weighted by atomic mass is 35.5. The standard InChI is InChI=1S/C24H19Cl2NO4/c1-31-19-9-4-16(5-10-19)22(28)13-24(30)20-12-18(26)8-11-21(20)27(23(24)29)14-15-2-6-17(25)7-3-15/h2-12,30H,13-14H2,1H3/t24-/m1/s1. The van der Waals surface area contributed by atoms with E-state index in [0.29, 0.717) is 32.6 Å². The first-order valence-electron chi connectivity index (χ1n) is 9.58. The van der Waals surface area contributed by atoms with Crippen molar-refractivity contribution in [3.05, 3.63) is 93.5 Å². The van der Waals surface area contributed by atoms with Crippen LogP contribution >= 0.6 is 23.2 Å². The van der Waals surface area contributed by atoms with E-state index >= 15 is 0 Å². The molecular formula is C24H19Cl2NO4. The van der Waals surface area contributed by atoms with Gasteiger partial charge in [-0.1, -0.05) is 35.3 Å². The van der Waals surface area contributed by atoms with Crippen molar-refractivity contribution in [3.63, 3.8) is 0 Å². The molecule has 0 fully saturated rings. The molecular weight excluding hydrogens is 437 g/mol. The Morgan fingerprint density at radius 2 is 1.65 bits per heavy atom. The van der Waals surface area contributed by atoms with Crippen molar-refractivity contribution in [1.82, 2.24) is 0 Å². The molecule has 1 aliphatic heterocycles. The molecule has 1 atom stereocenters. The van der Waals surface area contributed by atoms with Crippen LogP contribution in [0.5, 0.6) is 5.75 Å². The fourth-order valence-electron chi connectivity index (χ4n) is 3.73. The molecule has 3 aromatic carbocycles. The van der Waals surface area contributed by atoms with Crippen LogP contribution in [0.1, 0.15) is 27.9 Å². The maximum Gasteiger partial charge on any atom is 0.264 e. The van der Waals surface area contributed by atoms with E-state index < -0.39 is 17.9 Å². The average molecular weight is 456 g/mol. The lowest BCUT2D eigenvalue weighted by Crippen LogP contribution is -2.41. The number of fused-ring (bicyclic) bond motifs is 1. The Bertz CT molecular complexity index is 1150. The second-order valence-electron chi connectivity index (χ2n) is 7.37. The summed E-state index contributed by atoms with van der Waals surface area (Å²) in [5, 5.41) is 12.4. The van der Waals surface area contributed by atoms with Crippen LogP contribution in [0.15, 0.2) is 66.7 Å². The number of hydrogen-bond donors (Lipinski definition) is 1. The predicted octanol–water partition coefficient (Wildman–Crippen LogP) is 5.01. The number of rotatable bonds is 6. The number of Topliss-reactive ketones (excluding diaryl/α,β-unsaturated/α-hetero) is 1. The number of carbonyl (C=O) groups is 2. The van der Waals surface area contributed by atoms with Crippen LogP contribution in [0, 0.1) is 0 Å². The average Bonchev–Trinajstić information content (AvgIpc) is 2.96. The van der Waals surface area contributed by atoms with Gasteiger partial charge >= 0.3 is 0 Å². The third-order valence-electron chi connectivity index (χ3n) is 5.38. The molecule has 0 unspecified atom stereocenters. The number of benzene rings is 3. The Kier molecular flexibility index (Phi) is 5.75. The van der Waals surface area contributed by atoms with E-state index in [0.717, 1.165) is 5.56 Å². The lowest BCUT2D eigenvalue weighted by atomic mass is 9.88. The molecule has 0 bridgehead atoms. The molecule has 0 radical (unpaired) electrons. The van der Waals surface area contributed by atoms with Crippen LogP contribution in [-0.2, 0) is 16.9 Å². The van der Waals surface area contributed by atoms with Gasteiger partial charge in [-0.2, -0.15) is 0 Å². The van der Waals surface area contributed by atoms with Crippen molar-refractivity contribution in [2.24, 2.45) is 0 Å². The fourth-order valence-corrected chi connectivity index (χ4v) is 4.03. The normalized spacial score (nSPS) is 17.5. The summed E-state index contributed by atoms with van der Waals surface area (Å²) in [7, 11) is 1.53. The molecule has 3 aromatic rings. The number of anilines is 1. The van der Waals surface area contributed by atoms with E-state index in [1.165, 1.54) is 18.1 Å². The molecule has 0 aliphatic carbocycles. The summed E-state index contributed by atoms with van der Waals surface area (Å²) in [5.74, 6) is -0.321. The highest BCUT2D eigenvalue weighted by molar-refractivity contribution is 6.31. The van der Waals surface area contributed by atoms with E-state index in [4.69, 9.17) is 27.9 Å². The van der Waals surface area contributed by atoms with Gasteiger partial charge in [0.05, 0.1) is 25.8 Å². The van der Waals surface area contributed by atoms with E-state index in [-0.39, 0.29) is 12.3 Å². The van der Waals surface area contributed by atoms with Crippen LogP contribution in [0.4, 0.5) is 5.69 Å². The molecule has 1 heterocycles. The zero-order valence-corrected chi connectivity index (χ0v) is 18.2. The van der Waals surface area contributed by atoms with Crippen molar-refractivity contribution in [2.45, 2.75) is 18.6 Å². The summed E-state index contributed by atoms with van der Waals surface area (Å²) in [6, 6.07) is 18.5. The minimum atomic E-state index is -2.01. The lowest BCUT2D eigenvalue weighted by Gasteiger charge is -2.23. The smallest absolute Gasteiger partial charge is 0.264 e. The first-order chi connectivity index (χ1) is 14.8. The predicted molar refractivity (Wildman–Crippen MR) is 120 cm³/mol. The summed E-state index contributed by atoms with van der Waals surface area (Å²) in [4.78, 5) is 27.8. The Morgan fingerprint density at radius 3 is 2.29 bits per heavy atom. The number of ether oxygens (including phenoxy) is 1. The topological polar surface area (TPSA) is 66.8 Å². The van der Waals surface area contributed by atoms with Crippen molar-refractivity contribution in [3.8, 4) is 5.75 Å². The number of ketones is 1. The van der Waals surface area contributed by atoms with Crippen LogP contribution in [0.2, 0.25) is 10.0 Å². The number of halogens is 2. The number of nitrogens with zero attached hydrogens (tertiary/aromatic N) is 1. The summed E-state index contributed by atoms with van der Waals surface area (Å²) in [6.45, 7) is 0.226. The second kappa shape index (κ2) is 8.35. The summed E-state index contributed by atoms with van der Waals surface area (Å²) in [5.41, 5.74) is 0.0465. The van der Waals surface area contributed by atoms with E-state index in [1.54, 1.807) is 48.5 Å². The molecule has 7 heteroatoms. The summed E-state index contributed by atoms with van der Waals surface area (Å²) in [6.07, 6.45) is -0.400. The highest BCUT2D eigenvalue weighted by Gasteiger charge is 2.51. The minimum absolute atomic E-state index is 0.226. The third kappa shape index (κ3) is 4.04. The Labute approximate surface area is 189 Å². The maximum absolute atomic E-state index is 13.4. The van der Waals surface area contributed by atoms with Crippen LogP contribution < -0.4 is 9.64 Å². The van der Waals surface area contributed by atoms with Crippen molar-refractivity contribution in [1.29, 1.82) is 0 Å². The van der Waals surface area contributed by atoms with Gasteiger partial charge in [-0.25, -0.2) is 0 Å². The summed E-state index contributed by atoms with van der Waals surface area (Å²) < 4.78 is 5.11. The van der Waals surface area contributed by atoms with Crippen molar-refractivity contribution < 1.29 is 19.4 Å². The fraction of sp³-hybridized carbons (Fsp3) is 0.167. The SMILES string of the molecule is COc1ccc(C(=O)C[C@]2(O)C(=O)N(Cc3ccc(Cl)cc3)c3ccc(Cl)cc32)cc1. The van der Waals surface area contributed by atoms with Crippen molar-refractivity contribution >= 4 is 40.6 Å². The van der Waals surface area contributed by atoms with Crippen LogP contribution in [0.25, 0.3) is 0 Å². The second-order valence-corrected chi connectivity index (χ2v) is 8.24. The van der Waals surface area contributed by atoms with Gasteiger partial charge in [0, 0.05) is 21.2 Å². The Morgan fingerprint density at radius 1 is 1.00 bits per heavy atom. The van der Waals surface area contributed by atoms with Gasteiger partial charge < -0.3 is 14.7 Å². The molecule has 0 saturated heterocycles. The first kappa shape index (κ1) is 21.4. The lowest BCUT2D eigenvalue weighted by molar-refractivity contribution is -0.136. The van der Waals surface area contributed by atoms with E-state index in [2.05, 4.69) is 0 Å². The number of amides is 1. The molecule has 0 aromatic heterocycles. The van der Waals surface area contributed by atoms with E-state index in [9.17, 15) is 14.7 Å². The van der Waals surface area contributed by atoms with Gasteiger partial charge in [0.15, 0.2) is 11.4 Å². The molecule has 0 saturated carbocycles. The van der Waals surface area contributed by atoms with Crippen LogP contribution in [-0.4, -0.2) is 23.9 Å². The number of aliphatic hydroxyl groups is 1. The van der Waals surface area contributed by atoms with Gasteiger partial charge in [0.2, 0.25) is 0 Å². The van der Waals surface area contributed by atoms with Gasteiger partial charge in [-0.15, -0.1) is 0 Å². The molecule has 1 N–H and O–H groups in total. The Hall–Kier alpha value is -2.86. The third-order valence-corrected chi connectivity index (χ3v) is 5.86. The number of carbonyl (C=O) groups excluding carboxylic acids is 2. The summed E-state index contributed by atoms with van der Waals surface area (Å²) >= 11 is 12.1. The van der Waals surface area contributed by atoms with Gasteiger partial charge in [-0.3, -0.25) is 9.59 Å². The molecule has 1 aliphatic rings. The molecule has 158 valence electrons. The monoisotopic (exact) mass is 455 g/mol. The largest absolute Gasteiger partial charge is 0.497 e. The van der Waals surface area contributed by atoms with Gasteiger partial charge in [0.25, 0.3) is 5.91 Å². The minimum Gasteiger partial charge on any atom is -0.497 e. The van der Waals surface area contributed by atoms with Crippen molar-refractivity contribution in [2.75, 3.05) is 12.0 Å². The molecule has 1 amide bonds. The molecule has 0 spiro atoms. The first-order valence-corrected chi connectivity index (χ1v) is 10.3. The molecule has 4 rings (SSSR count).